The second-order valence-corrected chi connectivity index (χ2v) is 6.43. The smallest absolute Gasteiger partial charge is 0.236 e. The molecule has 1 saturated heterocycles. The summed E-state index contributed by atoms with van der Waals surface area (Å²) in [6, 6.07) is 7.81. The van der Waals surface area contributed by atoms with Crippen LogP contribution in [0.2, 0.25) is 0 Å². The van der Waals surface area contributed by atoms with Crippen molar-refractivity contribution in [1.29, 1.82) is 0 Å². The predicted molar refractivity (Wildman–Crippen MR) is 96.6 cm³/mol. The highest BCUT2D eigenvalue weighted by molar-refractivity contribution is 5.78. The first-order chi connectivity index (χ1) is 12.0. The van der Waals surface area contributed by atoms with E-state index in [-0.39, 0.29) is 18.4 Å². The number of nitrogens with one attached hydrogen (secondary N) is 1. The van der Waals surface area contributed by atoms with Crippen molar-refractivity contribution in [2.45, 2.75) is 32.6 Å². The summed E-state index contributed by atoms with van der Waals surface area (Å²) >= 11 is 0. The van der Waals surface area contributed by atoms with Crippen LogP contribution in [0.4, 0.5) is 11.8 Å². The molecule has 0 aromatic carbocycles. The molecule has 1 aliphatic heterocycles. The first-order valence-corrected chi connectivity index (χ1v) is 8.59. The Kier molecular flexibility index (Phi) is 5.23. The summed E-state index contributed by atoms with van der Waals surface area (Å²) in [7, 11) is 0. The fourth-order valence-corrected chi connectivity index (χ4v) is 3.22. The number of nitrogens with zero attached hydrogens (tertiary/aromatic N) is 4. The van der Waals surface area contributed by atoms with Gasteiger partial charge < -0.3 is 16.0 Å². The van der Waals surface area contributed by atoms with E-state index < -0.39 is 0 Å². The number of nitrogens with two attached hydrogens (primary N) is 1. The lowest BCUT2D eigenvalue weighted by Crippen LogP contribution is -2.42. The van der Waals surface area contributed by atoms with E-state index in [0.717, 1.165) is 36.5 Å². The summed E-state index contributed by atoms with van der Waals surface area (Å²) in [5.41, 5.74) is 8.29. The summed E-state index contributed by atoms with van der Waals surface area (Å²) in [5.74, 6) is 1.49. The van der Waals surface area contributed by atoms with Gasteiger partial charge in [0, 0.05) is 36.1 Å². The minimum absolute atomic E-state index is 0.00242. The number of piperidine rings is 1. The molecule has 1 atom stereocenters. The van der Waals surface area contributed by atoms with Crippen molar-refractivity contribution in [3.8, 4) is 0 Å². The Labute approximate surface area is 147 Å². The van der Waals surface area contributed by atoms with E-state index in [1.807, 2.05) is 43.0 Å². The number of pyridine rings is 1. The Morgan fingerprint density at radius 3 is 2.76 bits per heavy atom. The summed E-state index contributed by atoms with van der Waals surface area (Å²) in [5, 5.41) is 3.18. The molecule has 3 heterocycles. The van der Waals surface area contributed by atoms with Crippen LogP contribution in [0.3, 0.4) is 0 Å². The number of rotatable bonds is 4. The third-order valence-electron chi connectivity index (χ3n) is 4.36. The molecular weight excluding hydrogens is 316 g/mol. The average molecular weight is 340 g/mol. The van der Waals surface area contributed by atoms with Gasteiger partial charge in [-0.2, -0.15) is 0 Å². The topological polar surface area (TPSA) is 97.0 Å². The molecule has 7 heteroatoms. The number of anilines is 2. The summed E-state index contributed by atoms with van der Waals surface area (Å²) in [6.45, 7) is 5.39. The fraction of sp³-hybridized carbons (Fsp3) is 0.444. The highest BCUT2D eigenvalue weighted by Gasteiger charge is 2.25. The maximum absolute atomic E-state index is 11.9. The van der Waals surface area contributed by atoms with Gasteiger partial charge in [-0.3, -0.25) is 4.79 Å². The Balaban J connectivity index is 1.76. The van der Waals surface area contributed by atoms with Crippen molar-refractivity contribution in [3.63, 3.8) is 0 Å². The van der Waals surface area contributed by atoms with Crippen LogP contribution in [0.25, 0.3) is 0 Å². The zero-order valence-electron chi connectivity index (χ0n) is 14.7. The lowest BCUT2D eigenvalue weighted by atomic mass is 9.94. The second kappa shape index (κ2) is 7.57. The molecule has 3 rings (SSSR count). The molecule has 132 valence electrons. The molecule has 7 nitrogen and oxygen atoms in total. The van der Waals surface area contributed by atoms with E-state index >= 15 is 0 Å². The molecule has 0 saturated carbocycles. The maximum atomic E-state index is 11.9. The SMILES string of the molecule is Cc1cc(C)nc(Nc2cccc([C@@H]3CCCN(C(=O)CN)C3)n2)n1. The molecule has 0 bridgehead atoms. The largest absolute Gasteiger partial charge is 0.341 e. The van der Waals surface area contributed by atoms with Crippen LogP contribution in [-0.2, 0) is 4.79 Å². The van der Waals surface area contributed by atoms with Gasteiger partial charge in [-0.15, -0.1) is 0 Å². The number of carbonyl (C=O) groups is 1. The lowest BCUT2D eigenvalue weighted by Gasteiger charge is -2.32. The van der Waals surface area contributed by atoms with Gasteiger partial charge in [-0.05, 0) is 44.9 Å². The standard InChI is InChI=1S/C18H24N6O/c1-12-9-13(2)21-18(20-12)23-16-7-3-6-15(22-16)14-5-4-8-24(11-14)17(25)10-19/h3,6-7,9,14H,4-5,8,10-11,19H2,1-2H3,(H,20,21,22,23)/t14-/m1/s1. The fourth-order valence-electron chi connectivity index (χ4n) is 3.22. The van der Waals surface area contributed by atoms with Gasteiger partial charge in [-0.1, -0.05) is 6.07 Å². The molecule has 0 unspecified atom stereocenters. The number of hydrogen-bond acceptors (Lipinski definition) is 6. The summed E-state index contributed by atoms with van der Waals surface area (Å²) < 4.78 is 0. The van der Waals surface area contributed by atoms with Gasteiger partial charge in [0.15, 0.2) is 0 Å². The van der Waals surface area contributed by atoms with E-state index in [1.165, 1.54) is 0 Å². The predicted octanol–water partition coefficient (Wildman–Crippen LogP) is 1.90. The van der Waals surface area contributed by atoms with Crippen molar-refractivity contribution in [2.24, 2.45) is 5.73 Å². The van der Waals surface area contributed by atoms with Crippen LogP contribution < -0.4 is 11.1 Å². The molecule has 1 fully saturated rings. The van der Waals surface area contributed by atoms with Crippen LogP contribution in [-0.4, -0.2) is 45.4 Å². The molecule has 3 N–H and O–H groups in total. The monoisotopic (exact) mass is 340 g/mol. The first kappa shape index (κ1) is 17.3. The van der Waals surface area contributed by atoms with Gasteiger partial charge >= 0.3 is 0 Å². The van der Waals surface area contributed by atoms with Gasteiger partial charge in [0.05, 0.1) is 6.54 Å². The van der Waals surface area contributed by atoms with E-state index in [0.29, 0.717) is 18.3 Å². The van der Waals surface area contributed by atoms with Crippen LogP contribution in [0, 0.1) is 13.8 Å². The number of likely N-dealkylation sites (tertiary alicyclic amines) is 1. The zero-order valence-corrected chi connectivity index (χ0v) is 14.7. The Bertz CT molecular complexity index is 743. The second-order valence-electron chi connectivity index (χ2n) is 6.43. The van der Waals surface area contributed by atoms with Gasteiger partial charge in [0.1, 0.15) is 5.82 Å². The van der Waals surface area contributed by atoms with Gasteiger partial charge in [0.2, 0.25) is 11.9 Å². The van der Waals surface area contributed by atoms with E-state index in [4.69, 9.17) is 10.7 Å². The third kappa shape index (κ3) is 4.30. The highest BCUT2D eigenvalue weighted by Crippen LogP contribution is 2.26. The zero-order chi connectivity index (χ0) is 17.8. The Morgan fingerprint density at radius 1 is 1.28 bits per heavy atom. The Hall–Kier alpha value is -2.54. The number of aromatic nitrogens is 3. The number of hydrogen-bond donors (Lipinski definition) is 2. The van der Waals surface area contributed by atoms with Crippen molar-refractivity contribution in [1.82, 2.24) is 19.9 Å². The van der Waals surface area contributed by atoms with Crippen LogP contribution in [0.5, 0.6) is 0 Å². The highest BCUT2D eigenvalue weighted by atomic mass is 16.2. The molecule has 25 heavy (non-hydrogen) atoms. The molecular formula is C18H24N6O. The molecule has 2 aromatic heterocycles. The first-order valence-electron chi connectivity index (χ1n) is 8.59. The van der Waals surface area contributed by atoms with Crippen molar-refractivity contribution in [3.05, 3.63) is 41.3 Å². The lowest BCUT2D eigenvalue weighted by molar-refractivity contribution is -0.130. The molecule has 2 aromatic rings. The molecule has 0 radical (unpaired) electrons. The maximum Gasteiger partial charge on any atom is 0.236 e. The summed E-state index contributed by atoms with van der Waals surface area (Å²) in [4.78, 5) is 27.2. The number of carbonyl (C=O) groups excluding carboxylic acids is 1. The van der Waals surface area contributed by atoms with E-state index in [1.54, 1.807) is 0 Å². The van der Waals surface area contributed by atoms with Crippen LogP contribution >= 0.6 is 0 Å². The third-order valence-corrected chi connectivity index (χ3v) is 4.36. The Morgan fingerprint density at radius 2 is 2.04 bits per heavy atom. The molecule has 1 amide bonds. The number of aryl methyl sites for hydroxylation is 2. The number of amides is 1. The average Bonchev–Trinajstić information content (AvgIpc) is 2.60. The normalized spacial score (nSPS) is 17.4. The van der Waals surface area contributed by atoms with Crippen molar-refractivity contribution >= 4 is 17.7 Å². The van der Waals surface area contributed by atoms with Crippen LogP contribution in [0.15, 0.2) is 24.3 Å². The minimum Gasteiger partial charge on any atom is -0.341 e. The quantitative estimate of drug-likeness (QED) is 0.882. The van der Waals surface area contributed by atoms with E-state index in [2.05, 4.69) is 15.3 Å². The molecule has 1 aliphatic rings. The van der Waals surface area contributed by atoms with Gasteiger partial charge in [-0.25, -0.2) is 15.0 Å². The minimum atomic E-state index is 0.00242. The van der Waals surface area contributed by atoms with Crippen molar-refractivity contribution < 1.29 is 4.79 Å². The van der Waals surface area contributed by atoms with Gasteiger partial charge in [0.25, 0.3) is 0 Å². The van der Waals surface area contributed by atoms with Crippen molar-refractivity contribution in [2.75, 3.05) is 25.0 Å². The van der Waals surface area contributed by atoms with Crippen LogP contribution in [0.1, 0.15) is 35.8 Å². The summed E-state index contributed by atoms with van der Waals surface area (Å²) in [6.07, 6.45) is 1.99. The molecule has 0 aliphatic carbocycles. The van der Waals surface area contributed by atoms with E-state index in [9.17, 15) is 4.79 Å². The molecule has 0 spiro atoms.